The summed E-state index contributed by atoms with van der Waals surface area (Å²) in [6, 6.07) is 14.1. The average Bonchev–Trinajstić information content (AvgIpc) is 2.19. The minimum atomic E-state index is 1.02. The molecule has 1 aromatic heterocycles. The summed E-state index contributed by atoms with van der Waals surface area (Å²) in [7, 11) is 0. The quantitative estimate of drug-likeness (QED) is 0.815. The van der Waals surface area contributed by atoms with Gasteiger partial charge in [-0.15, -0.1) is 0 Å². The van der Waals surface area contributed by atoms with Gasteiger partial charge < -0.3 is 0 Å². The maximum Gasteiger partial charge on any atom is 0.101 e. The van der Waals surface area contributed by atoms with Gasteiger partial charge in [0.1, 0.15) is 5.03 Å². The van der Waals surface area contributed by atoms with Crippen LogP contribution in [0.1, 0.15) is 0 Å². The molecular weight excluding hydrogens is 258 g/mol. The van der Waals surface area contributed by atoms with Crippen LogP contribution in [0.25, 0.3) is 0 Å². The van der Waals surface area contributed by atoms with Crippen LogP contribution in [-0.4, -0.2) is 4.98 Å². The fourth-order valence-corrected chi connectivity index (χ4v) is 2.44. The van der Waals surface area contributed by atoms with Gasteiger partial charge in [0, 0.05) is 15.6 Å². The number of halogens is 1. The fourth-order valence-electron chi connectivity index (χ4n) is 1.06. The van der Waals surface area contributed by atoms with E-state index in [0.717, 1.165) is 9.50 Å². The molecule has 1 aromatic carbocycles. The minimum Gasteiger partial charge on any atom is -0.250 e. The van der Waals surface area contributed by atoms with Gasteiger partial charge in [-0.05, 0) is 30.3 Å². The maximum absolute atomic E-state index is 4.25. The Balaban J connectivity index is 2.19. The highest BCUT2D eigenvalue weighted by molar-refractivity contribution is 9.10. The van der Waals surface area contributed by atoms with Crippen LogP contribution in [0.3, 0.4) is 0 Å². The monoisotopic (exact) mass is 265 g/mol. The Morgan fingerprint density at radius 1 is 1.07 bits per heavy atom. The lowest BCUT2D eigenvalue weighted by atomic mass is 10.4. The molecule has 1 nitrogen and oxygen atoms in total. The zero-order chi connectivity index (χ0) is 9.80. The molecule has 0 spiro atoms. The largest absolute Gasteiger partial charge is 0.250 e. The summed E-state index contributed by atoms with van der Waals surface area (Å²) in [5, 5.41) is 1.02. The Kier molecular flexibility index (Phi) is 3.22. The van der Waals surface area contributed by atoms with Crippen LogP contribution in [-0.2, 0) is 0 Å². The van der Waals surface area contributed by atoms with Crippen molar-refractivity contribution in [3.8, 4) is 0 Å². The van der Waals surface area contributed by atoms with Crippen molar-refractivity contribution in [2.24, 2.45) is 0 Å². The molecule has 70 valence electrons. The summed E-state index contributed by atoms with van der Waals surface area (Å²) in [6.45, 7) is 0. The van der Waals surface area contributed by atoms with E-state index in [1.807, 2.05) is 30.3 Å². The van der Waals surface area contributed by atoms with Gasteiger partial charge in [-0.3, -0.25) is 0 Å². The molecule has 2 rings (SSSR count). The average molecular weight is 266 g/mol. The van der Waals surface area contributed by atoms with Crippen molar-refractivity contribution in [2.75, 3.05) is 0 Å². The van der Waals surface area contributed by atoms with E-state index >= 15 is 0 Å². The molecule has 0 saturated heterocycles. The van der Waals surface area contributed by atoms with Gasteiger partial charge in [0.2, 0.25) is 0 Å². The molecule has 0 amide bonds. The lowest BCUT2D eigenvalue weighted by molar-refractivity contribution is 1.13. The molecule has 0 aliphatic heterocycles. The molecule has 14 heavy (non-hydrogen) atoms. The van der Waals surface area contributed by atoms with E-state index in [9.17, 15) is 0 Å². The lowest BCUT2D eigenvalue weighted by Crippen LogP contribution is -1.77. The molecule has 2 aromatic rings. The summed E-state index contributed by atoms with van der Waals surface area (Å²) < 4.78 is 1.10. The minimum absolute atomic E-state index is 1.02. The first-order valence-corrected chi connectivity index (χ1v) is 5.80. The Hall–Kier alpha value is -0.800. The predicted molar refractivity (Wildman–Crippen MR) is 62.5 cm³/mol. The van der Waals surface area contributed by atoms with Gasteiger partial charge in [0.25, 0.3) is 0 Å². The van der Waals surface area contributed by atoms with E-state index in [2.05, 4.69) is 33.0 Å². The third-order valence-corrected chi connectivity index (χ3v) is 3.09. The molecule has 0 saturated carbocycles. The van der Waals surface area contributed by atoms with Gasteiger partial charge in [0.05, 0.1) is 0 Å². The van der Waals surface area contributed by atoms with Crippen molar-refractivity contribution >= 4 is 27.7 Å². The third kappa shape index (κ3) is 2.59. The molecule has 0 aliphatic rings. The van der Waals surface area contributed by atoms with Gasteiger partial charge in [-0.2, -0.15) is 0 Å². The molecule has 0 fully saturated rings. The molecule has 1 heterocycles. The van der Waals surface area contributed by atoms with Crippen LogP contribution in [0.2, 0.25) is 0 Å². The zero-order valence-corrected chi connectivity index (χ0v) is 9.75. The standard InChI is InChI=1S/C11H8BrNS/c12-9-4-3-5-10(8-9)14-11-6-1-2-7-13-11/h1-8H. The van der Waals surface area contributed by atoms with Crippen molar-refractivity contribution in [3.63, 3.8) is 0 Å². The lowest BCUT2D eigenvalue weighted by Gasteiger charge is -2.00. The van der Waals surface area contributed by atoms with Crippen LogP contribution >= 0.6 is 27.7 Å². The van der Waals surface area contributed by atoms with Crippen molar-refractivity contribution in [1.82, 2.24) is 4.98 Å². The van der Waals surface area contributed by atoms with Crippen LogP contribution in [0.15, 0.2) is 63.1 Å². The number of rotatable bonds is 2. The summed E-state index contributed by atoms with van der Waals surface area (Å²) in [5.41, 5.74) is 0. The Bertz CT molecular complexity index is 417. The number of hydrogen-bond donors (Lipinski definition) is 0. The van der Waals surface area contributed by atoms with E-state index in [0.29, 0.717) is 0 Å². The number of nitrogens with zero attached hydrogens (tertiary/aromatic N) is 1. The molecular formula is C11H8BrNS. The highest BCUT2D eigenvalue weighted by Gasteiger charge is 1.97. The predicted octanol–water partition coefficient (Wildman–Crippen LogP) is 4.00. The summed E-state index contributed by atoms with van der Waals surface area (Å²) in [4.78, 5) is 5.44. The van der Waals surface area contributed by atoms with E-state index in [-0.39, 0.29) is 0 Å². The highest BCUT2D eigenvalue weighted by Crippen LogP contribution is 2.27. The number of aromatic nitrogens is 1. The molecule has 0 unspecified atom stereocenters. The van der Waals surface area contributed by atoms with E-state index < -0.39 is 0 Å². The van der Waals surface area contributed by atoms with E-state index in [1.54, 1.807) is 18.0 Å². The third-order valence-electron chi connectivity index (χ3n) is 1.66. The maximum atomic E-state index is 4.25. The molecule has 0 aliphatic carbocycles. The number of benzene rings is 1. The normalized spacial score (nSPS) is 10.1. The van der Waals surface area contributed by atoms with Crippen LogP contribution in [0, 0.1) is 0 Å². The second-order valence-electron chi connectivity index (χ2n) is 2.73. The first kappa shape index (κ1) is 9.74. The van der Waals surface area contributed by atoms with Gasteiger partial charge in [-0.25, -0.2) is 4.98 Å². The molecule has 3 heteroatoms. The first-order chi connectivity index (χ1) is 6.84. The zero-order valence-electron chi connectivity index (χ0n) is 7.35. The van der Waals surface area contributed by atoms with Crippen molar-refractivity contribution in [3.05, 3.63) is 53.1 Å². The summed E-state index contributed by atoms with van der Waals surface area (Å²) in [6.07, 6.45) is 1.81. The van der Waals surface area contributed by atoms with E-state index in [4.69, 9.17) is 0 Å². The number of pyridine rings is 1. The van der Waals surface area contributed by atoms with Crippen molar-refractivity contribution < 1.29 is 0 Å². The van der Waals surface area contributed by atoms with Crippen LogP contribution < -0.4 is 0 Å². The van der Waals surface area contributed by atoms with Crippen LogP contribution in [0.5, 0.6) is 0 Å². The fraction of sp³-hybridized carbons (Fsp3) is 0. The summed E-state index contributed by atoms with van der Waals surface area (Å²) >= 11 is 5.10. The Morgan fingerprint density at radius 2 is 2.00 bits per heavy atom. The summed E-state index contributed by atoms with van der Waals surface area (Å²) in [5.74, 6) is 0. The SMILES string of the molecule is Brc1cccc(Sc2ccccn2)c1. The molecule has 0 N–H and O–H groups in total. The Morgan fingerprint density at radius 3 is 2.71 bits per heavy atom. The van der Waals surface area contributed by atoms with Gasteiger partial charge in [0.15, 0.2) is 0 Å². The molecule has 0 bridgehead atoms. The second-order valence-corrected chi connectivity index (χ2v) is 4.74. The topological polar surface area (TPSA) is 12.9 Å². The first-order valence-electron chi connectivity index (χ1n) is 4.19. The number of hydrogen-bond acceptors (Lipinski definition) is 2. The van der Waals surface area contributed by atoms with E-state index in [1.165, 1.54) is 4.90 Å². The van der Waals surface area contributed by atoms with Gasteiger partial charge >= 0.3 is 0 Å². The van der Waals surface area contributed by atoms with Gasteiger partial charge in [-0.1, -0.05) is 39.8 Å². The van der Waals surface area contributed by atoms with Crippen molar-refractivity contribution in [1.29, 1.82) is 0 Å². The smallest absolute Gasteiger partial charge is 0.101 e. The molecule has 0 radical (unpaired) electrons. The molecule has 0 atom stereocenters. The van der Waals surface area contributed by atoms with Crippen molar-refractivity contribution in [2.45, 2.75) is 9.92 Å². The second kappa shape index (κ2) is 4.62. The Labute approximate surface area is 95.7 Å². The van der Waals surface area contributed by atoms with Crippen LogP contribution in [0.4, 0.5) is 0 Å². The highest BCUT2D eigenvalue weighted by atomic mass is 79.9.